The molecule has 2 aliphatic rings. The Bertz CT molecular complexity index is 262. The molecule has 0 aromatic carbocycles. The maximum atomic E-state index is 2.53. The molecule has 0 aromatic heterocycles. The Kier molecular flexibility index (Phi) is 2.19. The molecule has 13 heavy (non-hydrogen) atoms. The van der Waals surface area contributed by atoms with E-state index in [2.05, 4.69) is 37.9 Å². The average molecular weight is 177 g/mol. The van der Waals surface area contributed by atoms with Crippen LogP contribution in [0.25, 0.3) is 0 Å². The van der Waals surface area contributed by atoms with E-state index in [0.29, 0.717) is 6.04 Å². The Labute approximate surface area is 81.1 Å². The molecule has 2 atom stereocenters. The first-order valence-electron chi connectivity index (χ1n) is 5.35. The lowest BCUT2D eigenvalue weighted by Gasteiger charge is -2.35. The van der Waals surface area contributed by atoms with Gasteiger partial charge < -0.3 is 4.90 Å². The largest absolute Gasteiger partial charge is 0.368 e. The summed E-state index contributed by atoms with van der Waals surface area (Å²) in [7, 11) is 0. The second kappa shape index (κ2) is 3.21. The van der Waals surface area contributed by atoms with Gasteiger partial charge in [-0.1, -0.05) is 6.08 Å². The van der Waals surface area contributed by atoms with Crippen LogP contribution in [-0.4, -0.2) is 17.0 Å². The van der Waals surface area contributed by atoms with Crippen LogP contribution in [0.3, 0.4) is 0 Å². The zero-order valence-corrected chi connectivity index (χ0v) is 8.88. The van der Waals surface area contributed by atoms with Crippen molar-refractivity contribution in [1.29, 1.82) is 0 Å². The first kappa shape index (κ1) is 8.86. The highest BCUT2D eigenvalue weighted by atomic mass is 15.2. The van der Waals surface area contributed by atoms with E-state index < -0.39 is 0 Å². The van der Waals surface area contributed by atoms with Gasteiger partial charge in [-0.25, -0.2) is 0 Å². The van der Waals surface area contributed by atoms with Crippen LogP contribution < -0.4 is 0 Å². The Morgan fingerprint density at radius 1 is 1.38 bits per heavy atom. The fourth-order valence-electron chi connectivity index (χ4n) is 2.53. The summed E-state index contributed by atoms with van der Waals surface area (Å²) in [6.07, 6.45) is 8.69. The Balaban J connectivity index is 2.34. The van der Waals surface area contributed by atoms with Gasteiger partial charge in [0.15, 0.2) is 0 Å². The highest BCUT2D eigenvalue weighted by Crippen LogP contribution is 2.30. The van der Waals surface area contributed by atoms with Crippen molar-refractivity contribution in [3.63, 3.8) is 0 Å². The van der Waals surface area contributed by atoms with E-state index in [9.17, 15) is 0 Å². The Morgan fingerprint density at radius 3 is 2.92 bits per heavy atom. The van der Waals surface area contributed by atoms with E-state index in [0.717, 1.165) is 6.04 Å². The summed E-state index contributed by atoms with van der Waals surface area (Å²) in [4.78, 5) is 2.53. The Morgan fingerprint density at radius 2 is 2.15 bits per heavy atom. The van der Waals surface area contributed by atoms with Crippen molar-refractivity contribution >= 4 is 0 Å². The van der Waals surface area contributed by atoms with Crippen LogP contribution in [0, 0.1) is 0 Å². The van der Waals surface area contributed by atoms with E-state index in [1.807, 2.05) is 0 Å². The van der Waals surface area contributed by atoms with E-state index in [-0.39, 0.29) is 0 Å². The smallest absolute Gasteiger partial charge is 0.0474 e. The molecule has 0 aliphatic carbocycles. The second-order valence-corrected chi connectivity index (χ2v) is 4.46. The van der Waals surface area contributed by atoms with E-state index >= 15 is 0 Å². The van der Waals surface area contributed by atoms with Gasteiger partial charge in [-0.3, -0.25) is 0 Å². The molecule has 1 unspecified atom stereocenters. The molecule has 0 N–H and O–H groups in total. The fourth-order valence-corrected chi connectivity index (χ4v) is 2.53. The van der Waals surface area contributed by atoms with Crippen molar-refractivity contribution in [2.75, 3.05) is 0 Å². The number of allylic oxidation sites excluding steroid dienone is 2. The molecule has 0 radical (unpaired) electrons. The zero-order valence-electron chi connectivity index (χ0n) is 8.88. The highest BCUT2D eigenvalue weighted by molar-refractivity contribution is 5.30. The fraction of sp³-hybridized carbons (Fsp3) is 0.667. The molecule has 1 fully saturated rings. The van der Waals surface area contributed by atoms with E-state index in [1.54, 1.807) is 5.57 Å². The molecule has 0 aromatic rings. The maximum Gasteiger partial charge on any atom is 0.0474 e. The zero-order chi connectivity index (χ0) is 9.42. The lowest BCUT2D eigenvalue weighted by Crippen LogP contribution is -2.37. The van der Waals surface area contributed by atoms with Crippen molar-refractivity contribution in [2.45, 2.75) is 52.1 Å². The minimum Gasteiger partial charge on any atom is -0.368 e. The third-order valence-corrected chi connectivity index (χ3v) is 3.35. The minimum atomic E-state index is 0.640. The first-order valence-corrected chi connectivity index (χ1v) is 5.35. The summed E-state index contributed by atoms with van der Waals surface area (Å²) >= 11 is 0. The summed E-state index contributed by atoms with van der Waals surface area (Å²) < 4.78 is 0. The van der Waals surface area contributed by atoms with Gasteiger partial charge in [0, 0.05) is 18.3 Å². The van der Waals surface area contributed by atoms with Gasteiger partial charge in [0.2, 0.25) is 0 Å². The van der Waals surface area contributed by atoms with Crippen LogP contribution in [0.2, 0.25) is 0 Å². The SMILES string of the molecule is CC1=CN2C(C)C(=C1)CCC[C@@H]2C. The molecule has 1 heteroatoms. The third kappa shape index (κ3) is 1.52. The highest BCUT2D eigenvalue weighted by Gasteiger charge is 2.25. The summed E-state index contributed by atoms with van der Waals surface area (Å²) in [6.45, 7) is 6.88. The molecular formula is C12H19N. The predicted molar refractivity (Wildman–Crippen MR) is 56.5 cm³/mol. The van der Waals surface area contributed by atoms with Crippen LogP contribution in [-0.2, 0) is 0 Å². The van der Waals surface area contributed by atoms with Crippen molar-refractivity contribution in [3.05, 3.63) is 23.4 Å². The molecule has 2 bridgehead atoms. The molecule has 0 saturated carbocycles. The van der Waals surface area contributed by atoms with E-state index in [1.165, 1.54) is 24.8 Å². The molecule has 2 rings (SSSR count). The number of rotatable bonds is 0. The van der Waals surface area contributed by atoms with Crippen LogP contribution in [0.15, 0.2) is 23.4 Å². The van der Waals surface area contributed by atoms with Gasteiger partial charge in [-0.05, 0) is 51.2 Å². The van der Waals surface area contributed by atoms with Gasteiger partial charge in [-0.15, -0.1) is 0 Å². The normalized spacial score (nSPS) is 33.6. The molecule has 0 spiro atoms. The summed E-state index contributed by atoms with van der Waals surface area (Å²) in [5.74, 6) is 0. The van der Waals surface area contributed by atoms with E-state index in [4.69, 9.17) is 0 Å². The van der Waals surface area contributed by atoms with Crippen LogP contribution in [0.1, 0.15) is 40.0 Å². The van der Waals surface area contributed by atoms with Crippen molar-refractivity contribution < 1.29 is 0 Å². The molecular weight excluding hydrogens is 158 g/mol. The number of hydrogen-bond acceptors (Lipinski definition) is 1. The predicted octanol–water partition coefficient (Wildman–Crippen LogP) is 3.09. The molecule has 0 amide bonds. The molecule has 1 saturated heterocycles. The third-order valence-electron chi connectivity index (χ3n) is 3.35. The summed E-state index contributed by atoms with van der Waals surface area (Å²) in [5, 5.41) is 0. The van der Waals surface area contributed by atoms with Crippen LogP contribution in [0.4, 0.5) is 0 Å². The standard InChI is InChI=1S/C12H19N/c1-9-7-12-6-4-5-10(2)13(8-9)11(12)3/h7-8,10-11H,4-6H2,1-3H3/t10-,11?/m0/s1. The molecule has 72 valence electrons. The molecule has 2 aliphatic heterocycles. The lowest BCUT2D eigenvalue weighted by molar-refractivity contribution is 0.250. The molecule has 2 heterocycles. The average Bonchev–Trinajstić information content (AvgIpc) is 2.19. The van der Waals surface area contributed by atoms with Gasteiger partial charge in [0.05, 0.1) is 0 Å². The van der Waals surface area contributed by atoms with Gasteiger partial charge >= 0.3 is 0 Å². The number of nitrogens with zero attached hydrogens (tertiary/aromatic N) is 1. The second-order valence-electron chi connectivity index (χ2n) is 4.46. The quantitative estimate of drug-likeness (QED) is 0.549. The topological polar surface area (TPSA) is 3.24 Å². The monoisotopic (exact) mass is 177 g/mol. The van der Waals surface area contributed by atoms with Gasteiger partial charge in [0.25, 0.3) is 0 Å². The summed E-state index contributed by atoms with van der Waals surface area (Å²) in [5.41, 5.74) is 3.05. The number of hydrogen-bond donors (Lipinski definition) is 0. The number of fused-ring (bicyclic) bond motifs is 2. The van der Waals surface area contributed by atoms with Gasteiger partial charge in [0.1, 0.15) is 0 Å². The van der Waals surface area contributed by atoms with Gasteiger partial charge in [-0.2, -0.15) is 0 Å². The van der Waals surface area contributed by atoms with Crippen LogP contribution in [0.5, 0.6) is 0 Å². The molecule has 1 nitrogen and oxygen atoms in total. The van der Waals surface area contributed by atoms with Crippen molar-refractivity contribution in [3.8, 4) is 0 Å². The maximum absolute atomic E-state index is 2.53. The Hall–Kier alpha value is -0.720. The van der Waals surface area contributed by atoms with Crippen LogP contribution >= 0.6 is 0 Å². The lowest BCUT2D eigenvalue weighted by atomic mass is 9.99. The minimum absolute atomic E-state index is 0.640. The summed E-state index contributed by atoms with van der Waals surface area (Å²) in [6, 6.07) is 1.36. The first-order chi connectivity index (χ1) is 6.18. The van der Waals surface area contributed by atoms with Crippen molar-refractivity contribution in [2.24, 2.45) is 0 Å². The van der Waals surface area contributed by atoms with Crippen molar-refractivity contribution in [1.82, 2.24) is 4.90 Å².